The molecule has 0 N–H and O–H groups in total. The largest absolute Gasteiger partial charge is 0.311 e. The predicted octanol–water partition coefficient (Wildman–Crippen LogP) is 18.6. The topological polar surface area (TPSA) is 48.4 Å². The van der Waals surface area contributed by atoms with Crippen LogP contribution in [0.3, 0.4) is 0 Å². The predicted molar refractivity (Wildman–Crippen MR) is 318 cm³/mol. The fourth-order valence-electron chi connectivity index (χ4n) is 8.87. The Morgan fingerprint density at radius 3 is 0.507 bits per heavy atom. The quantitative estimate of drug-likeness (QED) is 0.102. The Labute approximate surface area is 442 Å². The average Bonchev–Trinajstić information content (AvgIpc) is 3.44. The van der Waals surface area contributed by atoms with Crippen LogP contribution < -0.4 is 14.7 Å². The molecule has 0 amide bonds. The summed E-state index contributed by atoms with van der Waals surface area (Å²) in [5, 5.41) is 0. The Kier molecular flexibility index (Phi) is 14.8. The van der Waals surface area contributed by atoms with Gasteiger partial charge in [-0.3, -0.25) is 0 Å². The summed E-state index contributed by atoms with van der Waals surface area (Å²) in [4.78, 5) is 21.7. The molecule has 366 valence electrons. The van der Waals surface area contributed by atoms with E-state index in [-0.39, 0.29) is 0 Å². The molecule has 1 aromatic heterocycles. The highest BCUT2D eigenvalue weighted by molar-refractivity contribution is 5.81. The second-order valence-electron chi connectivity index (χ2n) is 19.2. The summed E-state index contributed by atoms with van der Waals surface area (Å²) in [6, 6.07) is 77.7. The van der Waals surface area contributed by atoms with Gasteiger partial charge in [-0.15, -0.1) is 0 Å². The van der Waals surface area contributed by atoms with Gasteiger partial charge >= 0.3 is 0 Å². The van der Waals surface area contributed by atoms with Crippen molar-refractivity contribution in [1.29, 1.82) is 0 Å². The molecule has 9 aromatic carbocycles. The van der Waals surface area contributed by atoms with E-state index in [1.807, 2.05) is 18.2 Å². The molecular formula is C69H60N6. The van der Waals surface area contributed by atoms with Crippen molar-refractivity contribution < 1.29 is 0 Å². The first-order chi connectivity index (χ1) is 36.6. The first kappa shape index (κ1) is 49.2. The molecule has 0 bridgehead atoms. The van der Waals surface area contributed by atoms with E-state index in [2.05, 4.69) is 293 Å². The highest BCUT2D eigenvalue weighted by atomic mass is 15.2. The minimum Gasteiger partial charge on any atom is -0.311 e. The highest BCUT2D eigenvalue weighted by Gasteiger charge is 2.15. The molecule has 0 fully saturated rings. The van der Waals surface area contributed by atoms with E-state index < -0.39 is 0 Å². The smallest absolute Gasteiger partial charge is 0.156 e. The van der Waals surface area contributed by atoms with Crippen molar-refractivity contribution in [3.8, 4) is 0 Å². The third kappa shape index (κ3) is 12.3. The molecule has 0 unspecified atom stereocenters. The fraction of sp³-hybridized carbons (Fsp3) is 0.0870. The van der Waals surface area contributed by atoms with Gasteiger partial charge in [-0.1, -0.05) is 161 Å². The average molecular weight is 973 g/mol. The van der Waals surface area contributed by atoms with Crippen molar-refractivity contribution in [3.05, 3.63) is 286 Å². The van der Waals surface area contributed by atoms with E-state index in [0.717, 1.165) is 67.9 Å². The van der Waals surface area contributed by atoms with Crippen LogP contribution in [0.5, 0.6) is 0 Å². The van der Waals surface area contributed by atoms with Crippen LogP contribution in [0.25, 0.3) is 36.5 Å². The Morgan fingerprint density at radius 1 is 0.200 bits per heavy atom. The highest BCUT2D eigenvalue weighted by Crippen LogP contribution is 2.38. The summed E-state index contributed by atoms with van der Waals surface area (Å²) in [7, 11) is 0. The van der Waals surface area contributed by atoms with Crippen LogP contribution in [0.4, 0.5) is 51.2 Å². The number of rotatable bonds is 15. The van der Waals surface area contributed by atoms with Gasteiger partial charge < -0.3 is 14.7 Å². The molecule has 75 heavy (non-hydrogen) atoms. The second-order valence-corrected chi connectivity index (χ2v) is 19.2. The molecule has 6 heteroatoms. The van der Waals surface area contributed by atoms with Gasteiger partial charge in [0.2, 0.25) is 0 Å². The van der Waals surface area contributed by atoms with Crippen LogP contribution in [0, 0.1) is 41.5 Å². The molecular weight excluding hydrogens is 913 g/mol. The third-order valence-corrected chi connectivity index (χ3v) is 13.2. The molecule has 0 aliphatic heterocycles. The maximum Gasteiger partial charge on any atom is 0.156 e. The summed E-state index contributed by atoms with van der Waals surface area (Å²) in [6.45, 7) is 12.7. The molecule has 0 radical (unpaired) electrons. The Balaban J connectivity index is 0.946. The second kappa shape index (κ2) is 22.6. The van der Waals surface area contributed by atoms with E-state index in [4.69, 9.17) is 15.0 Å². The lowest BCUT2D eigenvalue weighted by molar-refractivity contribution is 0.991. The minimum absolute atomic E-state index is 0.554. The number of anilines is 9. The van der Waals surface area contributed by atoms with Crippen LogP contribution in [0.2, 0.25) is 0 Å². The SMILES string of the molecule is Cc1ccc(N(c2ccc(C)cc2)c2ccc(/C=C/c3nc(/C=C/c4ccc(N(c5ccc(C)cc5)c5ccc(C)cc5)cc4)nc(/C=C/c4ccc(N(c5ccc(C)cc5)c5ccc(C)cc5)cc4)n3)cc2)cc1. The zero-order chi connectivity index (χ0) is 51.7. The number of hydrogen-bond donors (Lipinski definition) is 0. The van der Waals surface area contributed by atoms with Gasteiger partial charge in [-0.2, -0.15) is 0 Å². The molecule has 0 aliphatic carbocycles. The standard InChI is InChI=1S/C69H60N6/c1-49-7-28-58(29-8-49)73(59-30-9-50(2)10-31-59)64-40-19-55(20-41-64)25-46-67-70-68(47-26-56-21-42-65(43-22-56)74(60-32-11-51(3)12-33-60)61-34-13-52(4)14-35-61)72-69(71-67)48-27-57-23-44-66(45-24-57)75(62-36-15-53(5)16-37-62)63-38-17-54(6)18-39-63/h7-48H,1-6H3/b46-25+,47-26+,48-27+. The lowest BCUT2D eigenvalue weighted by Gasteiger charge is -2.26. The maximum absolute atomic E-state index is 4.94. The monoisotopic (exact) mass is 972 g/mol. The molecule has 10 rings (SSSR count). The van der Waals surface area contributed by atoms with Gasteiger partial charge in [0.25, 0.3) is 0 Å². The van der Waals surface area contributed by atoms with Gasteiger partial charge in [0.15, 0.2) is 17.5 Å². The normalized spacial score (nSPS) is 11.4. The van der Waals surface area contributed by atoms with E-state index >= 15 is 0 Å². The Hall–Kier alpha value is -9.39. The van der Waals surface area contributed by atoms with Crippen molar-refractivity contribution >= 4 is 87.6 Å². The summed E-state index contributed by atoms with van der Waals surface area (Å²) < 4.78 is 0. The van der Waals surface area contributed by atoms with Gasteiger partial charge in [0.05, 0.1) is 0 Å². The Bertz CT molecular complexity index is 3040. The zero-order valence-electron chi connectivity index (χ0n) is 43.4. The zero-order valence-corrected chi connectivity index (χ0v) is 43.4. The number of aryl methyl sites for hydroxylation is 6. The molecule has 0 aliphatic rings. The van der Waals surface area contributed by atoms with Crippen LogP contribution in [0.15, 0.2) is 218 Å². The first-order valence-corrected chi connectivity index (χ1v) is 25.5. The van der Waals surface area contributed by atoms with Gasteiger partial charge in [0, 0.05) is 51.2 Å². The summed E-state index contributed by atoms with van der Waals surface area (Å²) in [5.41, 5.74) is 20.2. The molecule has 0 atom stereocenters. The first-order valence-electron chi connectivity index (χ1n) is 25.5. The minimum atomic E-state index is 0.554. The fourth-order valence-corrected chi connectivity index (χ4v) is 8.87. The van der Waals surface area contributed by atoms with E-state index in [9.17, 15) is 0 Å². The molecule has 0 saturated heterocycles. The maximum atomic E-state index is 4.94. The summed E-state index contributed by atoms with van der Waals surface area (Å²) in [6.07, 6.45) is 12.1. The third-order valence-electron chi connectivity index (χ3n) is 13.2. The van der Waals surface area contributed by atoms with E-state index in [0.29, 0.717) is 17.5 Å². The lowest BCUT2D eigenvalue weighted by atomic mass is 10.1. The van der Waals surface area contributed by atoms with Crippen LogP contribution in [0.1, 0.15) is 67.5 Å². The van der Waals surface area contributed by atoms with Gasteiger partial charge in [0.1, 0.15) is 0 Å². The van der Waals surface area contributed by atoms with Crippen molar-refractivity contribution in [2.24, 2.45) is 0 Å². The van der Waals surface area contributed by atoms with Crippen LogP contribution in [-0.4, -0.2) is 15.0 Å². The van der Waals surface area contributed by atoms with E-state index in [1.54, 1.807) is 0 Å². The summed E-state index contributed by atoms with van der Waals surface area (Å²) in [5.74, 6) is 1.66. The van der Waals surface area contributed by atoms with Gasteiger partial charge in [-0.05, 0) is 186 Å². The number of nitrogens with zero attached hydrogens (tertiary/aromatic N) is 6. The molecule has 1 heterocycles. The molecule has 0 spiro atoms. The van der Waals surface area contributed by atoms with Crippen LogP contribution in [-0.2, 0) is 0 Å². The van der Waals surface area contributed by atoms with Crippen molar-refractivity contribution in [1.82, 2.24) is 15.0 Å². The van der Waals surface area contributed by atoms with Crippen molar-refractivity contribution in [3.63, 3.8) is 0 Å². The van der Waals surface area contributed by atoms with E-state index in [1.165, 1.54) is 33.4 Å². The van der Waals surface area contributed by atoms with Crippen molar-refractivity contribution in [2.75, 3.05) is 14.7 Å². The van der Waals surface area contributed by atoms with Crippen LogP contribution >= 0.6 is 0 Å². The summed E-state index contributed by atoms with van der Waals surface area (Å²) >= 11 is 0. The molecule has 10 aromatic rings. The van der Waals surface area contributed by atoms with Crippen molar-refractivity contribution in [2.45, 2.75) is 41.5 Å². The molecule has 6 nitrogen and oxygen atoms in total. The number of hydrogen-bond acceptors (Lipinski definition) is 6. The number of benzene rings is 9. The van der Waals surface area contributed by atoms with Gasteiger partial charge in [-0.25, -0.2) is 15.0 Å². The molecule has 0 saturated carbocycles. The Morgan fingerprint density at radius 2 is 0.347 bits per heavy atom. The lowest BCUT2D eigenvalue weighted by Crippen LogP contribution is -2.09. The number of aromatic nitrogens is 3.